The van der Waals surface area contributed by atoms with Gasteiger partial charge in [0.1, 0.15) is 0 Å². The van der Waals surface area contributed by atoms with Crippen molar-refractivity contribution in [2.45, 2.75) is 63.8 Å². The van der Waals surface area contributed by atoms with Crippen molar-refractivity contribution in [1.29, 1.82) is 0 Å². The van der Waals surface area contributed by atoms with Gasteiger partial charge in [0.2, 0.25) is 5.91 Å². The number of likely N-dealkylation sites (tertiary alicyclic amines) is 1. The number of carbonyl (C=O) groups excluding carboxylic acids is 2. The molecule has 2 atom stereocenters. The molecule has 124 valence electrons. The average Bonchev–Trinajstić information content (AvgIpc) is 2.99. The highest BCUT2D eigenvalue weighted by Crippen LogP contribution is 2.35. The van der Waals surface area contributed by atoms with Crippen molar-refractivity contribution in [2.75, 3.05) is 19.6 Å². The second kappa shape index (κ2) is 7.44. The normalized spacial score (nSPS) is 29.8. The van der Waals surface area contributed by atoms with Crippen LogP contribution in [0.3, 0.4) is 0 Å². The molecule has 0 aromatic rings. The minimum absolute atomic E-state index is 0.162. The first-order valence-corrected chi connectivity index (χ1v) is 9.03. The van der Waals surface area contributed by atoms with E-state index in [9.17, 15) is 9.59 Å². The number of piperidine rings is 1. The summed E-state index contributed by atoms with van der Waals surface area (Å²) in [5, 5.41) is 5.40. The molecule has 3 amide bonds. The summed E-state index contributed by atoms with van der Waals surface area (Å²) in [4.78, 5) is 26.1. The molecule has 22 heavy (non-hydrogen) atoms. The highest BCUT2D eigenvalue weighted by molar-refractivity contribution is 5.95. The number of amides is 3. The molecule has 0 spiro atoms. The first-order valence-electron chi connectivity index (χ1n) is 9.03. The third-order valence-electron chi connectivity index (χ3n) is 5.69. The van der Waals surface area contributed by atoms with Gasteiger partial charge in [-0.25, -0.2) is 4.79 Å². The topological polar surface area (TPSA) is 61.4 Å². The maximum atomic E-state index is 12.0. The largest absolute Gasteiger partial charge is 0.335 e. The Balaban J connectivity index is 1.38. The van der Waals surface area contributed by atoms with Crippen molar-refractivity contribution in [2.24, 2.45) is 11.8 Å². The molecule has 5 heteroatoms. The molecule has 3 rings (SSSR count). The van der Waals surface area contributed by atoms with Crippen molar-refractivity contribution in [3.8, 4) is 0 Å². The molecule has 0 radical (unpaired) electrons. The number of hydrogen-bond donors (Lipinski definition) is 2. The van der Waals surface area contributed by atoms with Gasteiger partial charge in [-0.2, -0.15) is 0 Å². The van der Waals surface area contributed by atoms with E-state index >= 15 is 0 Å². The summed E-state index contributed by atoms with van der Waals surface area (Å²) in [6.07, 6.45) is 11.0. The van der Waals surface area contributed by atoms with Crippen LogP contribution in [-0.4, -0.2) is 42.5 Å². The number of hydrogen-bond acceptors (Lipinski definition) is 3. The minimum atomic E-state index is -0.315. The summed E-state index contributed by atoms with van der Waals surface area (Å²) >= 11 is 0. The van der Waals surface area contributed by atoms with Crippen LogP contribution in [0.25, 0.3) is 0 Å². The summed E-state index contributed by atoms with van der Waals surface area (Å²) in [5.74, 6) is 1.48. The molecule has 0 bridgehead atoms. The fourth-order valence-electron chi connectivity index (χ4n) is 4.48. The van der Waals surface area contributed by atoms with E-state index < -0.39 is 0 Å². The second-order valence-corrected chi connectivity index (χ2v) is 7.33. The molecule has 2 saturated carbocycles. The van der Waals surface area contributed by atoms with Crippen LogP contribution in [0.2, 0.25) is 0 Å². The average molecular weight is 307 g/mol. The van der Waals surface area contributed by atoms with Crippen molar-refractivity contribution >= 4 is 11.9 Å². The van der Waals surface area contributed by atoms with Gasteiger partial charge in [0, 0.05) is 12.6 Å². The molecular weight excluding hydrogens is 278 g/mol. The van der Waals surface area contributed by atoms with E-state index in [2.05, 4.69) is 15.5 Å². The van der Waals surface area contributed by atoms with Crippen LogP contribution >= 0.6 is 0 Å². The van der Waals surface area contributed by atoms with E-state index in [0.29, 0.717) is 6.54 Å². The molecule has 3 aliphatic rings. The zero-order chi connectivity index (χ0) is 15.4. The SMILES string of the molecule is O=C(CN1CC[C@@H]2CCCC[C@@H]2C1)NC(=O)NC1CCCC1. The van der Waals surface area contributed by atoms with Crippen LogP contribution in [0.5, 0.6) is 0 Å². The lowest BCUT2D eigenvalue weighted by atomic mass is 9.75. The van der Waals surface area contributed by atoms with E-state index in [-0.39, 0.29) is 18.0 Å². The maximum absolute atomic E-state index is 12.0. The number of fused-ring (bicyclic) bond motifs is 1. The van der Waals surface area contributed by atoms with Gasteiger partial charge in [0.15, 0.2) is 0 Å². The van der Waals surface area contributed by atoms with Crippen LogP contribution in [0, 0.1) is 11.8 Å². The van der Waals surface area contributed by atoms with E-state index in [1.165, 1.54) is 44.9 Å². The van der Waals surface area contributed by atoms with Crippen molar-refractivity contribution in [1.82, 2.24) is 15.5 Å². The number of carbonyl (C=O) groups is 2. The predicted octanol–water partition coefficient (Wildman–Crippen LogP) is 2.27. The zero-order valence-electron chi connectivity index (χ0n) is 13.5. The van der Waals surface area contributed by atoms with Gasteiger partial charge in [-0.1, -0.05) is 32.1 Å². The van der Waals surface area contributed by atoms with Gasteiger partial charge in [0.05, 0.1) is 6.54 Å². The molecular formula is C17H29N3O2. The van der Waals surface area contributed by atoms with Gasteiger partial charge in [-0.3, -0.25) is 15.0 Å². The van der Waals surface area contributed by atoms with Crippen LogP contribution in [0.1, 0.15) is 57.8 Å². The summed E-state index contributed by atoms with van der Waals surface area (Å²) in [7, 11) is 0. The molecule has 1 aliphatic heterocycles. The Morgan fingerprint density at radius 3 is 2.36 bits per heavy atom. The van der Waals surface area contributed by atoms with E-state index in [1.54, 1.807) is 0 Å². The fraction of sp³-hybridized carbons (Fsp3) is 0.882. The summed E-state index contributed by atoms with van der Waals surface area (Å²) < 4.78 is 0. The molecule has 2 N–H and O–H groups in total. The Hall–Kier alpha value is -1.10. The number of rotatable bonds is 3. The molecule has 0 aromatic heterocycles. The van der Waals surface area contributed by atoms with Crippen molar-refractivity contribution in [3.63, 3.8) is 0 Å². The first-order chi connectivity index (χ1) is 10.7. The Kier molecular flexibility index (Phi) is 5.34. The molecule has 2 aliphatic carbocycles. The lowest BCUT2D eigenvalue weighted by Gasteiger charge is -2.41. The number of nitrogens with one attached hydrogen (secondary N) is 2. The molecule has 1 saturated heterocycles. The third kappa shape index (κ3) is 4.22. The highest BCUT2D eigenvalue weighted by atomic mass is 16.2. The predicted molar refractivity (Wildman–Crippen MR) is 85.4 cm³/mol. The molecule has 5 nitrogen and oxygen atoms in total. The van der Waals surface area contributed by atoms with Gasteiger partial charge >= 0.3 is 6.03 Å². The summed E-state index contributed by atoms with van der Waals surface area (Å²) in [6.45, 7) is 2.39. The van der Waals surface area contributed by atoms with Gasteiger partial charge in [-0.15, -0.1) is 0 Å². The standard InChI is InChI=1S/C17H29N3O2/c21-16(19-17(22)18-15-7-3-4-8-15)12-20-10-9-13-5-1-2-6-14(13)11-20/h13-15H,1-12H2,(H2,18,19,21,22)/t13-,14+/m0/s1. The Morgan fingerprint density at radius 2 is 1.59 bits per heavy atom. The molecule has 3 fully saturated rings. The third-order valence-corrected chi connectivity index (χ3v) is 5.69. The van der Waals surface area contributed by atoms with Crippen LogP contribution < -0.4 is 10.6 Å². The second-order valence-electron chi connectivity index (χ2n) is 7.33. The monoisotopic (exact) mass is 307 g/mol. The summed E-state index contributed by atoms with van der Waals surface area (Å²) in [6, 6.07) is -0.0600. The first kappa shape index (κ1) is 15.8. The molecule has 0 aromatic carbocycles. The Morgan fingerprint density at radius 1 is 0.909 bits per heavy atom. The Bertz CT molecular complexity index is 407. The fourth-order valence-corrected chi connectivity index (χ4v) is 4.48. The van der Waals surface area contributed by atoms with Crippen LogP contribution in [0.4, 0.5) is 4.79 Å². The van der Waals surface area contributed by atoms with E-state index in [1.807, 2.05) is 0 Å². The maximum Gasteiger partial charge on any atom is 0.321 e. The van der Waals surface area contributed by atoms with Gasteiger partial charge in [-0.05, 0) is 44.1 Å². The van der Waals surface area contributed by atoms with E-state index in [4.69, 9.17) is 0 Å². The number of nitrogens with zero attached hydrogens (tertiary/aromatic N) is 1. The van der Waals surface area contributed by atoms with Crippen LogP contribution in [0.15, 0.2) is 0 Å². The molecule has 0 unspecified atom stereocenters. The van der Waals surface area contributed by atoms with Gasteiger partial charge in [0.25, 0.3) is 0 Å². The number of urea groups is 1. The van der Waals surface area contributed by atoms with Crippen LogP contribution in [-0.2, 0) is 4.79 Å². The van der Waals surface area contributed by atoms with E-state index in [0.717, 1.165) is 37.8 Å². The zero-order valence-corrected chi connectivity index (χ0v) is 13.5. The summed E-state index contributed by atoms with van der Waals surface area (Å²) in [5.41, 5.74) is 0. The lowest BCUT2D eigenvalue weighted by Crippen LogP contribution is -2.49. The quantitative estimate of drug-likeness (QED) is 0.841. The highest BCUT2D eigenvalue weighted by Gasteiger charge is 2.31. The minimum Gasteiger partial charge on any atom is -0.335 e. The van der Waals surface area contributed by atoms with Crippen molar-refractivity contribution in [3.05, 3.63) is 0 Å². The lowest BCUT2D eigenvalue weighted by molar-refractivity contribution is -0.121. The smallest absolute Gasteiger partial charge is 0.321 e. The van der Waals surface area contributed by atoms with Gasteiger partial charge < -0.3 is 5.32 Å². The van der Waals surface area contributed by atoms with Crippen molar-refractivity contribution < 1.29 is 9.59 Å². The number of imide groups is 1. The Labute approximate surface area is 133 Å². The molecule has 1 heterocycles.